The van der Waals surface area contributed by atoms with Gasteiger partial charge in [-0.1, -0.05) is 6.07 Å². The van der Waals surface area contributed by atoms with Gasteiger partial charge in [0.05, 0.1) is 11.6 Å². The highest BCUT2D eigenvalue weighted by molar-refractivity contribution is 5.85. The lowest BCUT2D eigenvalue weighted by molar-refractivity contribution is -0.139. The van der Waals surface area contributed by atoms with Gasteiger partial charge >= 0.3 is 0 Å². The lowest BCUT2D eigenvalue weighted by atomic mass is 9.83. The number of likely N-dealkylation sites (tertiary alicyclic amines) is 1. The van der Waals surface area contributed by atoms with Gasteiger partial charge < -0.3 is 15.5 Å². The standard InChI is InChI=1S/C21H25F2N5O3/c1-20(19(24)30,16-6-8-18(27-26-16)31-14-3-2-4-14)28-10-9-21(22,23)15(12-28)13-5-7-17(29)25-11-13/h5-8,11,14-15H,2-4,9-10,12H2,1H3,(H2,24,30)(H,25,29)/t15-,20?/m1/s1. The number of pyridine rings is 1. The number of primary amides is 1. The summed E-state index contributed by atoms with van der Waals surface area (Å²) in [7, 11) is 0. The molecule has 1 saturated carbocycles. The van der Waals surface area contributed by atoms with Crippen molar-refractivity contribution in [3.63, 3.8) is 0 Å². The summed E-state index contributed by atoms with van der Waals surface area (Å²) in [5.74, 6) is -4.57. The molecule has 10 heteroatoms. The van der Waals surface area contributed by atoms with Crippen LogP contribution in [0.5, 0.6) is 5.88 Å². The third kappa shape index (κ3) is 4.04. The summed E-state index contributed by atoms with van der Waals surface area (Å²) in [4.78, 5) is 27.9. The molecule has 1 aliphatic heterocycles. The number of alkyl halides is 2. The second kappa shape index (κ2) is 7.99. The van der Waals surface area contributed by atoms with Gasteiger partial charge in [-0.2, -0.15) is 0 Å². The monoisotopic (exact) mass is 433 g/mol. The minimum atomic E-state index is -3.00. The topological polar surface area (TPSA) is 114 Å². The van der Waals surface area contributed by atoms with E-state index in [4.69, 9.17) is 10.5 Å². The summed E-state index contributed by atoms with van der Waals surface area (Å²) >= 11 is 0. The molecule has 3 heterocycles. The Hall–Kier alpha value is -2.88. The highest BCUT2D eigenvalue weighted by Crippen LogP contribution is 2.43. The van der Waals surface area contributed by atoms with E-state index in [1.54, 1.807) is 24.0 Å². The maximum Gasteiger partial charge on any atom is 0.257 e. The van der Waals surface area contributed by atoms with Crippen molar-refractivity contribution >= 4 is 5.91 Å². The largest absolute Gasteiger partial charge is 0.473 e. The number of nitrogens with one attached hydrogen (secondary N) is 1. The highest BCUT2D eigenvalue weighted by Gasteiger charge is 2.51. The molecule has 166 valence electrons. The Balaban J connectivity index is 1.61. The number of carbonyl (C=O) groups excluding carboxylic acids is 1. The molecule has 2 aromatic heterocycles. The van der Waals surface area contributed by atoms with Crippen LogP contribution in [-0.2, 0) is 10.3 Å². The molecule has 4 rings (SSSR count). The van der Waals surface area contributed by atoms with Crippen LogP contribution in [0, 0.1) is 0 Å². The predicted molar refractivity (Wildman–Crippen MR) is 108 cm³/mol. The zero-order valence-corrected chi connectivity index (χ0v) is 17.2. The Morgan fingerprint density at radius 2 is 2.06 bits per heavy atom. The Morgan fingerprint density at radius 3 is 2.61 bits per heavy atom. The van der Waals surface area contributed by atoms with Crippen molar-refractivity contribution in [2.75, 3.05) is 13.1 Å². The molecular formula is C21H25F2N5O3. The Morgan fingerprint density at radius 1 is 1.29 bits per heavy atom. The number of nitrogens with zero attached hydrogens (tertiary/aromatic N) is 3. The second-order valence-electron chi connectivity index (χ2n) is 8.36. The summed E-state index contributed by atoms with van der Waals surface area (Å²) < 4.78 is 35.2. The zero-order valence-electron chi connectivity index (χ0n) is 17.2. The number of nitrogens with two attached hydrogens (primary N) is 1. The van der Waals surface area contributed by atoms with E-state index in [0.29, 0.717) is 5.88 Å². The molecule has 2 fully saturated rings. The van der Waals surface area contributed by atoms with Crippen LogP contribution >= 0.6 is 0 Å². The highest BCUT2D eigenvalue weighted by atomic mass is 19.3. The van der Waals surface area contributed by atoms with Gasteiger partial charge in [0.1, 0.15) is 11.6 Å². The van der Waals surface area contributed by atoms with E-state index in [2.05, 4.69) is 15.2 Å². The van der Waals surface area contributed by atoms with Crippen molar-refractivity contribution < 1.29 is 18.3 Å². The third-order valence-corrected chi connectivity index (χ3v) is 6.43. The number of aromatic amines is 1. The fraction of sp³-hybridized carbons (Fsp3) is 0.524. The van der Waals surface area contributed by atoms with Gasteiger partial charge in [0, 0.05) is 37.8 Å². The molecule has 2 aromatic rings. The quantitative estimate of drug-likeness (QED) is 0.720. The van der Waals surface area contributed by atoms with Gasteiger partial charge in [0.2, 0.25) is 17.3 Å². The maximum absolute atomic E-state index is 14.8. The van der Waals surface area contributed by atoms with E-state index in [9.17, 15) is 18.4 Å². The summed E-state index contributed by atoms with van der Waals surface area (Å²) in [6.45, 7) is 1.38. The molecule has 0 spiro atoms. The van der Waals surface area contributed by atoms with Crippen molar-refractivity contribution in [3.8, 4) is 5.88 Å². The number of hydrogen-bond acceptors (Lipinski definition) is 6. The van der Waals surface area contributed by atoms with Gasteiger partial charge in [-0.3, -0.25) is 14.5 Å². The van der Waals surface area contributed by atoms with E-state index >= 15 is 0 Å². The Labute approximate surface area is 177 Å². The molecule has 1 saturated heterocycles. The molecule has 2 atom stereocenters. The maximum atomic E-state index is 14.8. The van der Waals surface area contributed by atoms with Crippen molar-refractivity contribution in [3.05, 3.63) is 52.1 Å². The summed E-state index contributed by atoms with van der Waals surface area (Å²) in [5, 5.41) is 8.22. The van der Waals surface area contributed by atoms with Gasteiger partial charge in [-0.15, -0.1) is 10.2 Å². The molecular weight excluding hydrogens is 408 g/mol. The molecule has 3 N–H and O–H groups in total. The lowest BCUT2D eigenvalue weighted by Gasteiger charge is -2.45. The molecule has 2 aliphatic rings. The summed E-state index contributed by atoms with van der Waals surface area (Å²) in [5.41, 5.74) is 4.49. The number of hydrogen-bond donors (Lipinski definition) is 2. The number of piperidine rings is 1. The zero-order chi connectivity index (χ0) is 22.2. The average molecular weight is 433 g/mol. The average Bonchev–Trinajstić information content (AvgIpc) is 2.71. The molecule has 1 unspecified atom stereocenters. The number of H-pyrrole nitrogens is 1. The Bertz CT molecular complexity index is 988. The number of amides is 1. The number of aromatic nitrogens is 3. The van der Waals surface area contributed by atoms with Crippen LogP contribution in [0.25, 0.3) is 0 Å². The van der Waals surface area contributed by atoms with Gasteiger partial charge in [-0.05, 0) is 37.8 Å². The van der Waals surface area contributed by atoms with Crippen LogP contribution in [0.3, 0.4) is 0 Å². The van der Waals surface area contributed by atoms with E-state index in [1.807, 2.05) is 0 Å². The lowest BCUT2D eigenvalue weighted by Crippen LogP contribution is -2.59. The first kappa shape index (κ1) is 21.4. The van der Waals surface area contributed by atoms with Crippen molar-refractivity contribution in [1.82, 2.24) is 20.1 Å². The summed E-state index contributed by atoms with van der Waals surface area (Å²) in [6, 6.07) is 5.83. The van der Waals surface area contributed by atoms with Crippen LogP contribution in [0.15, 0.2) is 35.3 Å². The number of rotatable bonds is 6. The van der Waals surface area contributed by atoms with Crippen LogP contribution < -0.4 is 16.0 Å². The normalized spacial score (nSPS) is 23.5. The summed E-state index contributed by atoms with van der Waals surface area (Å²) in [6.07, 6.45) is 4.01. The smallest absolute Gasteiger partial charge is 0.257 e. The molecule has 0 bridgehead atoms. The Kier molecular flexibility index (Phi) is 5.50. The van der Waals surface area contributed by atoms with E-state index in [0.717, 1.165) is 19.3 Å². The molecule has 1 amide bonds. The van der Waals surface area contributed by atoms with Crippen molar-refractivity contribution in [1.29, 1.82) is 0 Å². The van der Waals surface area contributed by atoms with Crippen LogP contribution in [-0.4, -0.2) is 51.1 Å². The van der Waals surface area contributed by atoms with Crippen LogP contribution in [0.2, 0.25) is 0 Å². The van der Waals surface area contributed by atoms with Crippen molar-refractivity contribution in [2.24, 2.45) is 5.73 Å². The first-order valence-electron chi connectivity index (χ1n) is 10.3. The number of ether oxygens (including phenoxy) is 1. The molecule has 8 nitrogen and oxygen atoms in total. The SMILES string of the molecule is CC(C(N)=O)(c1ccc(OC2CCC2)nn1)N1CCC(F)(F)[C@@H](c2ccc(=O)[nH]c2)C1. The number of halogens is 2. The molecule has 0 radical (unpaired) electrons. The molecule has 0 aromatic carbocycles. The molecule has 1 aliphatic carbocycles. The first-order chi connectivity index (χ1) is 14.7. The minimum absolute atomic E-state index is 0.0473. The van der Waals surface area contributed by atoms with Gasteiger partial charge in [0.25, 0.3) is 5.92 Å². The molecule has 31 heavy (non-hydrogen) atoms. The van der Waals surface area contributed by atoms with E-state index in [-0.39, 0.29) is 36.0 Å². The van der Waals surface area contributed by atoms with Gasteiger partial charge in [-0.25, -0.2) is 8.78 Å². The first-order valence-corrected chi connectivity index (χ1v) is 10.3. The minimum Gasteiger partial charge on any atom is -0.473 e. The van der Waals surface area contributed by atoms with Crippen LogP contribution in [0.1, 0.15) is 49.8 Å². The van der Waals surface area contributed by atoms with E-state index in [1.165, 1.54) is 18.3 Å². The number of carbonyl (C=O) groups is 1. The van der Waals surface area contributed by atoms with Gasteiger partial charge in [0.15, 0.2) is 0 Å². The second-order valence-corrected chi connectivity index (χ2v) is 8.36. The van der Waals surface area contributed by atoms with Crippen molar-refractivity contribution in [2.45, 2.75) is 56.1 Å². The van der Waals surface area contributed by atoms with Crippen LogP contribution in [0.4, 0.5) is 8.78 Å². The van der Waals surface area contributed by atoms with E-state index < -0.39 is 29.7 Å². The third-order valence-electron chi connectivity index (χ3n) is 6.43. The fourth-order valence-corrected chi connectivity index (χ4v) is 4.04. The predicted octanol–water partition coefficient (Wildman–Crippen LogP) is 1.92. The fourth-order valence-electron chi connectivity index (χ4n) is 4.04.